The van der Waals surface area contributed by atoms with E-state index in [4.69, 9.17) is 9.47 Å². The number of aromatic nitrogens is 1. The Kier molecular flexibility index (Phi) is 9.97. The first kappa shape index (κ1) is 26.7. The maximum Gasteiger partial charge on any atom is 0.316 e. The number of benzene rings is 2. The molecule has 0 aliphatic carbocycles. The van der Waals surface area contributed by atoms with E-state index in [-0.39, 0.29) is 29.5 Å². The number of thioether (sulfide) groups is 1. The molecule has 5 nitrogen and oxygen atoms in total. The first-order chi connectivity index (χ1) is 16.2. The van der Waals surface area contributed by atoms with Gasteiger partial charge in [-0.2, -0.15) is 0 Å². The predicted molar refractivity (Wildman–Crippen MR) is 144 cm³/mol. The van der Waals surface area contributed by atoms with E-state index in [9.17, 15) is 9.00 Å². The third kappa shape index (κ3) is 8.40. The van der Waals surface area contributed by atoms with Crippen LogP contribution in [0.3, 0.4) is 0 Å². The molecule has 0 radical (unpaired) electrons. The molecule has 2 aromatic carbocycles. The van der Waals surface area contributed by atoms with Gasteiger partial charge in [0, 0.05) is 16.6 Å². The molecule has 2 atom stereocenters. The molecular formula is C26H33NO4S3. The second kappa shape index (κ2) is 12.7. The third-order valence-corrected chi connectivity index (χ3v) is 8.78. The number of fused-ring (bicyclic) bond motifs is 1. The summed E-state index contributed by atoms with van der Waals surface area (Å²) in [5, 5.41) is 0. The van der Waals surface area contributed by atoms with E-state index in [1.54, 1.807) is 11.3 Å². The summed E-state index contributed by atoms with van der Waals surface area (Å²) in [5.41, 5.74) is 2.21. The van der Waals surface area contributed by atoms with Gasteiger partial charge in [-0.3, -0.25) is 9.00 Å². The zero-order valence-corrected chi connectivity index (χ0v) is 22.7. The number of rotatable bonds is 12. The number of para-hydroxylation sites is 1. The molecule has 8 heteroatoms. The standard InChI is InChI=1S/C26H33NO4S3/c1-5-6-15-34(29)18-21(16-30-20-13-11-19(12-14-20)26(2,3)4)31-24(28)17-32-25-27-22-9-7-8-10-23(22)33-25/h7-14,21H,5-6,15-18H2,1-4H3. The van der Waals surface area contributed by atoms with Crippen molar-refractivity contribution >= 4 is 50.1 Å². The lowest BCUT2D eigenvalue weighted by Gasteiger charge is -2.20. The maximum absolute atomic E-state index is 12.6. The van der Waals surface area contributed by atoms with Gasteiger partial charge in [-0.05, 0) is 41.7 Å². The first-order valence-corrected chi connectivity index (χ1v) is 14.8. The fraction of sp³-hybridized carbons (Fsp3) is 0.462. The van der Waals surface area contributed by atoms with Gasteiger partial charge in [0.2, 0.25) is 0 Å². The largest absolute Gasteiger partial charge is 0.490 e. The van der Waals surface area contributed by atoms with E-state index in [1.165, 1.54) is 17.3 Å². The van der Waals surface area contributed by atoms with Crippen molar-refractivity contribution in [3.63, 3.8) is 0 Å². The summed E-state index contributed by atoms with van der Waals surface area (Å²) < 4.78 is 26.0. The number of carbonyl (C=O) groups excluding carboxylic acids is 1. The van der Waals surface area contributed by atoms with E-state index in [2.05, 4.69) is 32.7 Å². The van der Waals surface area contributed by atoms with Crippen molar-refractivity contribution in [3.8, 4) is 5.75 Å². The molecule has 184 valence electrons. The highest BCUT2D eigenvalue weighted by Gasteiger charge is 2.20. The number of nitrogens with zero attached hydrogens (tertiary/aromatic N) is 1. The molecule has 1 heterocycles. The summed E-state index contributed by atoms with van der Waals surface area (Å²) in [5.74, 6) is 1.38. The van der Waals surface area contributed by atoms with Crippen LogP contribution in [0.4, 0.5) is 0 Å². The molecule has 0 amide bonds. The smallest absolute Gasteiger partial charge is 0.316 e. The molecule has 3 rings (SSSR count). The number of hydrogen-bond donors (Lipinski definition) is 0. The summed E-state index contributed by atoms with van der Waals surface area (Å²) in [7, 11) is -1.06. The van der Waals surface area contributed by atoms with Crippen LogP contribution >= 0.6 is 23.1 Å². The van der Waals surface area contributed by atoms with Gasteiger partial charge in [0.05, 0.1) is 21.7 Å². The quantitative estimate of drug-likeness (QED) is 0.209. The number of hydrogen-bond acceptors (Lipinski definition) is 7. The summed E-state index contributed by atoms with van der Waals surface area (Å²) in [4.78, 5) is 17.1. The number of esters is 1. The van der Waals surface area contributed by atoms with Gasteiger partial charge in [0.1, 0.15) is 18.5 Å². The van der Waals surface area contributed by atoms with Crippen molar-refractivity contribution in [2.45, 2.75) is 56.4 Å². The Labute approximate surface area is 213 Å². The van der Waals surface area contributed by atoms with Crippen LogP contribution in [0.1, 0.15) is 46.1 Å². The molecule has 0 fully saturated rings. The number of ether oxygens (including phenoxy) is 2. The van der Waals surface area contributed by atoms with Crippen molar-refractivity contribution in [2.75, 3.05) is 23.9 Å². The van der Waals surface area contributed by atoms with Gasteiger partial charge in [-0.25, -0.2) is 4.98 Å². The van der Waals surface area contributed by atoms with Gasteiger partial charge < -0.3 is 9.47 Å². The Morgan fingerprint density at radius 3 is 2.56 bits per heavy atom. The average molecular weight is 520 g/mol. The van der Waals surface area contributed by atoms with Gasteiger partial charge in [0.15, 0.2) is 4.34 Å². The van der Waals surface area contributed by atoms with E-state index in [0.717, 1.165) is 27.4 Å². The van der Waals surface area contributed by atoms with Crippen molar-refractivity contribution in [1.29, 1.82) is 0 Å². The molecule has 34 heavy (non-hydrogen) atoms. The van der Waals surface area contributed by atoms with Crippen LogP contribution < -0.4 is 4.74 Å². The highest BCUT2D eigenvalue weighted by Crippen LogP contribution is 2.29. The molecule has 3 aromatic rings. The minimum Gasteiger partial charge on any atom is -0.490 e. The van der Waals surface area contributed by atoms with Crippen LogP contribution in [0.2, 0.25) is 0 Å². The normalized spacial score (nSPS) is 13.5. The lowest BCUT2D eigenvalue weighted by Crippen LogP contribution is -2.31. The van der Waals surface area contributed by atoms with Crippen molar-refractivity contribution in [1.82, 2.24) is 4.98 Å². The Morgan fingerprint density at radius 2 is 1.88 bits per heavy atom. The molecule has 2 unspecified atom stereocenters. The van der Waals surface area contributed by atoms with Crippen LogP contribution in [0.25, 0.3) is 10.2 Å². The topological polar surface area (TPSA) is 65.5 Å². The van der Waals surface area contributed by atoms with E-state index in [1.807, 2.05) is 48.5 Å². The molecule has 0 spiro atoms. The van der Waals surface area contributed by atoms with Crippen molar-refractivity contribution in [2.24, 2.45) is 0 Å². The predicted octanol–water partition coefficient (Wildman–Crippen LogP) is 6.23. The van der Waals surface area contributed by atoms with Gasteiger partial charge in [-0.1, -0.05) is 70.1 Å². The average Bonchev–Trinajstić information content (AvgIpc) is 3.23. The van der Waals surface area contributed by atoms with E-state index in [0.29, 0.717) is 11.5 Å². The van der Waals surface area contributed by atoms with Crippen LogP contribution in [-0.4, -0.2) is 45.1 Å². The fourth-order valence-corrected chi connectivity index (χ4v) is 6.41. The van der Waals surface area contributed by atoms with Crippen LogP contribution in [0.5, 0.6) is 5.75 Å². The Morgan fingerprint density at radius 1 is 1.15 bits per heavy atom. The lowest BCUT2D eigenvalue weighted by atomic mass is 9.87. The molecule has 0 aliphatic heterocycles. The van der Waals surface area contributed by atoms with Crippen molar-refractivity contribution < 1.29 is 18.5 Å². The molecule has 0 bridgehead atoms. The Bertz CT molecular complexity index is 1060. The molecule has 0 saturated carbocycles. The summed E-state index contributed by atoms with van der Waals surface area (Å²) in [6.07, 6.45) is 1.30. The van der Waals surface area contributed by atoms with E-state index >= 15 is 0 Å². The first-order valence-electron chi connectivity index (χ1n) is 11.5. The van der Waals surface area contributed by atoms with Gasteiger partial charge in [-0.15, -0.1) is 11.3 Å². The number of unbranched alkanes of at least 4 members (excludes halogenated alkanes) is 1. The number of thiazole rings is 1. The van der Waals surface area contributed by atoms with Crippen LogP contribution in [-0.2, 0) is 25.7 Å². The molecule has 0 aliphatic rings. The fourth-order valence-electron chi connectivity index (χ4n) is 3.21. The van der Waals surface area contributed by atoms with Crippen LogP contribution in [0, 0.1) is 0 Å². The van der Waals surface area contributed by atoms with E-state index < -0.39 is 16.9 Å². The summed E-state index contributed by atoms with van der Waals surface area (Å²) >= 11 is 2.92. The monoisotopic (exact) mass is 519 g/mol. The Balaban J connectivity index is 1.57. The minimum absolute atomic E-state index is 0.0632. The number of carbonyl (C=O) groups is 1. The second-order valence-corrected chi connectivity index (χ2v) is 13.0. The lowest BCUT2D eigenvalue weighted by molar-refractivity contribution is -0.146. The minimum atomic E-state index is -1.06. The molecule has 0 N–H and O–H groups in total. The highest BCUT2D eigenvalue weighted by molar-refractivity contribution is 8.01. The molecule has 0 saturated heterocycles. The summed E-state index contributed by atoms with van der Waals surface area (Å²) in [6, 6.07) is 15.8. The van der Waals surface area contributed by atoms with Crippen molar-refractivity contribution in [3.05, 3.63) is 54.1 Å². The third-order valence-electron chi connectivity index (χ3n) is 5.14. The highest BCUT2D eigenvalue weighted by atomic mass is 32.2. The zero-order valence-electron chi connectivity index (χ0n) is 20.2. The zero-order chi connectivity index (χ0) is 24.6. The Hall–Kier alpha value is -1.90. The maximum atomic E-state index is 12.6. The molecular weight excluding hydrogens is 486 g/mol. The van der Waals surface area contributed by atoms with Crippen LogP contribution in [0.15, 0.2) is 52.9 Å². The second-order valence-electron chi connectivity index (χ2n) is 9.10. The van der Waals surface area contributed by atoms with Gasteiger partial charge in [0.25, 0.3) is 0 Å². The SMILES string of the molecule is CCCCS(=O)CC(COc1ccc(C(C)(C)C)cc1)OC(=O)CSc1nc2ccccc2s1. The summed E-state index contributed by atoms with van der Waals surface area (Å²) in [6.45, 7) is 8.73. The molecule has 1 aromatic heterocycles. The van der Waals surface area contributed by atoms with Gasteiger partial charge >= 0.3 is 5.97 Å².